The molecule has 0 aliphatic carbocycles. The minimum Gasteiger partial charge on any atom is -0.493 e. The maximum Gasteiger partial charge on any atom is 0.333 e. The number of nitrogens with zero attached hydrogens (tertiary/aromatic N) is 1. The lowest BCUT2D eigenvalue weighted by molar-refractivity contribution is 0.241. The summed E-state index contributed by atoms with van der Waals surface area (Å²) in [5.41, 5.74) is 7.29. The van der Waals surface area contributed by atoms with Gasteiger partial charge in [-0.3, -0.25) is 10.9 Å². The van der Waals surface area contributed by atoms with Gasteiger partial charge in [-0.2, -0.15) is 0 Å². The highest BCUT2D eigenvalue weighted by molar-refractivity contribution is 5.89. The molecule has 1 aromatic carbocycles. The van der Waals surface area contributed by atoms with Crippen LogP contribution < -0.4 is 25.6 Å². The van der Waals surface area contributed by atoms with Gasteiger partial charge in [-0.15, -0.1) is 0 Å². The maximum atomic E-state index is 11.2. The molecule has 7 heteroatoms. The van der Waals surface area contributed by atoms with Crippen LogP contribution in [0.1, 0.15) is 11.1 Å². The molecule has 0 spiro atoms. The standard InChI is InChI=1S/C14H18N4O3/c1-15-14(19)18-17-13-8-10-7-12(21-3)11(20-2)6-9(10)4-5-16-13/h4-7H,8H2,1-3H3,(H,16,17)(H2,15,18,19). The summed E-state index contributed by atoms with van der Waals surface area (Å²) < 4.78 is 10.6. The molecule has 2 amide bonds. The van der Waals surface area contributed by atoms with Crippen LogP contribution in [0.3, 0.4) is 0 Å². The third-order valence-electron chi connectivity index (χ3n) is 3.04. The van der Waals surface area contributed by atoms with Crippen molar-refractivity contribution in [1.82, 2.24) is 16.2 Å². The number of fused-ring (bicyclic) bond motifs is 1. The maximum absolute atomic E-state index is 11.2. The number of nitrogens with one attached hydrogen (secondary N) is 3. The number of benzene rings is 1. The lowest BCUT2D eigenvalue weighted by Gasteiger charge is -2.13. The molecule has 2 rings (SSSR count). The number of hydrazine groups is 1. The number of amidine groups is 1. The quantitative estimate of drug-likeness (QED) is 0.711. The molecule has 0 aromatic heterocycles. The number of hydrogen-bond donors (Lipinski definition) is 3. The average Bonchev–Trinajstić information content (AvgIpc) is 2.72. The monoisotopic (exact) mass is 290 g/mol. The summed E-state index contributed by atoms with van der Waals surface area (Å²) in [6.45, 7) is 0. The molecule has 0 atom stereocenters. The van der Waals surface area contributed by atoms with E-state index < -0.39 is 0 Å². The average molecular weight is 290 g/mol. The zero-order chi connectivity index (χ0) is 15.2. The van der Waals surface area contributed by atoms with Gasteiger partial charge in [0, 0.05) is 19.7 Å². The first-order chi connectivity index (χ1) is 10.2. The molecule has 0 radical (unpaired) electrons. The van der Waals surface area contributed by atoms with Crippen LogP contribution in [0.15, 0.2) is 23.3 Å². The number of carbonyl (C=O) groups is 1. The number of carbonyl (C=O) groups excluding carboxylic acids is 1. The summed E-state index contributed by atoms with van der Waals surface area (Å²) in [6.07, 6.45) is 4.09. The van der Waals surface area contributed by atoms with Crippen molar-refractivity contribution in [2.45, 2.75) is 6.42 Å². The minimum absolute atomic E-state index is 0.335. The van der Waals surface area contributed by atoms with E-state index in [1.807, 2.05) is 18.2 Å². The van der Waals surface area contributed by atoms with Gasteiger partial charge in [0.25, 0.3) is 0 Å². The summed E-state index contributed by atoms with van der Waals surface area (Å²) in [7, 11) is 4.73. The first-order valence-electron chi connectivity index (χ1n) is 6.39. The number of rotatable bonds is 2. The fraction of sp³-hybridized carbons (Fsp3) is 0.286. The minimum atomic E-state index is -0.335. The van der Waals surface area contributed by atoms with Crippen molar-refractivity contribution in [2.75, 3.05) is 21.3 Å². The Hall–Kier alpha value is -2.70. The van der Waals surface area contributed by atoms with Crippen LogP contribution >= 0.6 is 0 Å². The topological polar surface area (TPSA) is 84.0 Å². The molecule has 3 N–H and O–H groups in total. The predicted octanol–water partition coefficient (Wildman–Crippen LogP) is 1.06. The van der Waals surface area contributed by atoms with Gasteiger partial charge in [0.05, 0.1) is 14.2 Å². The molecule has 112 valence electrons. The third-order valence-corrected chi connectivity index (χ3v) is 3.04. The Bertz CT molecular complexity index is 596. The fourth-order valence-electron chi connectivity index (χ4n) is 1.95. The molecule has 1 aliphatic rings. The highest BCUT2D eigenvalue weighted by Gasteiger charge is 2.13. The SMILES string of the molecule is CNC(=O)NNC1=NC=Cc2cc(OC)c(OC)cc2C1. The molecule has 1 aliphatic heterocycles. The van der Waals surface area contributed by atoms with Gasteiger partial charge >= 0.3 is 6.03 Å². The van der Waals surface area contributed by atoms with Crippen LogP contribution in [0.4, 0.5) is 4.79 Å². The second kappa shape index (κ2) is 6.65. The van der Waals surface area contributed by atoms with Crippen molar-refractivity contribution >= 4 is 17.9 Å². The molecule has 0 unspecified atom stereocenters. The summed E-state index contributed by atoms with van der Waals surface area (Å²) in [5, 5.41) is 2.45. The number of ether oxygens (including phenoxy) is 2. The number of amides is 2. The third kappa shape index (κ3) is 3.44. The number of hydrogen-bond acceptors (Lipinski definition) is 5. The molecule has 7 nitrogen and oxygen atoms in total. The van der Waals surface area contributed by atoms with Crippen LogP contribution in [0.5, 0.6) is 11.5 Å². The predicted molar refractivity (Wildman–Crippen MR) is 80.4 cm³/mol. The van der Waals surface area contributed by atoms with Crippen molar-refractivity contribution in [1.29, 1.82) is 0 Å². The molecule has 0 fully saturated rings. The van der Waals surface area contributed by atoms with E-state index in [1.165, 1.54) is 7.05 Å². The second-order valence-electron chi connectivity index (χ2n) is 4.30. The van der Waals surface area contributed by atoms with E-state index in [-0.39, 0.29) is 6.03 Å². The van der Waals surface area contributed by atoms with Crippen molar-refractivity contribution in [3.8, 4) is 11.5 Å². The molecular weight excluding hydrogens is 272 g/mol. The molecule has 1 aromatic rings. The van der Waals surface area contributed by atoms with Gasteiger partial charge in [0.2, 0.25) is 0 Å². The van der Waals surface area contributed by atoms with Gasteiger partial charge in [-0.1, -0.05) is 0 Å². The molecule has 1 heterocycles. The Morgan fingerprint density at radius 2 is 1.95 bits per heavy atom. The van der Waals surface area contributed by atoms with Crippen LogP contribution in [0, 0.1) is 0 Å². The Balaban J connectivity index is 2.20. The lowest BCUT2D eigenvalue weighted by atomic mass is 10.0. The van der Waals surface area contributed by atoms with Crippen LogP contribution in [-0.4, -0.2) is 33.1 Å². The molecule has 0 bridgehead atoms. The van der Waals surface area contributed by atoms with E-state index in [0.29, 0.717) is 23.8 Å². The van der Waals surface area contributed by atoms with Crippen molar-refractivity contribution < 1.29 is 14.3 Å². The Labute approximate surface area is 123 Å². The zero-order valence-corrected chi connectivity index (χ0v) is 12.2. The van der Waals surface area contributed by atoms with E-state index in [9.17, 15) is 4.79 Å². The van der Waals surface area contributed by atoms with Crippen molar-refractivity contribution in [3.63, 3.8) is 0 Å². The van der Waals surface area contributed by atoms with Gasteiger partial charge in [-0.25, -0.2) is 9.79 Å². The summed E-state index contributed by atoms with van der Waals surface area (Å²) in [6, 6.07) is 3.47. The normalized spacial score (nSPS) is 12.6. The molecular formula is C14H18N4O3. The summed E-state index contributed by atoms with van der Waals surface area (Å²) in [5.74, 6) is 1.95. The number of methoxy groups -OCH3 is 2. The first kappa shape index (κ1) is 14.7. The first-order valence-corrected chi connectivity index (χ1v) is 6.39. The summed E-state index contributed by atoms with van der Waals surface area (Å²) in [4.78, 5) is 15.4. The van der Waals surface area contributed by atoms with Gasteiger partial charge in [-0.05, 0) is 29.3 Å². The fourth-order valence-corrected chi connectivity index (χ4v) is 1.95. The molecule has 0 saturated heterocycles. The van der Waals surface area contributed by atoms with Crippen LogP contribution in [0.2, 0.25) is 0 Å². The van der Waals surface area contributed by atoms with E-state index in [2.05, 4.69) is 21.2 Å². The Morgan fingerprint density at radius 1 is 1.24 bits per heavy atom. The number of urea groups is 1. The highest BCUT2D eigenvalue weighted by Crippen LogP contribution is 2.32. The van der Waals surface area contributed by atoms with E-state index in [0.717, 1.165) is 11.1 Å². The van der Waals surface area contributed by atoms with E-state index in [1.54, 1.807) is 20.4 Å². The lowest BCUT2D eigenvalue weighted by Crippen LogP contribution is -2.46. The Morgan fingerprint density at radius 3 is 2.62 bits per heavy atom. The van der Waals surface area contributed by atoms with Gasteiger partial charge in [0.15, 0.2) is 11.5 Å². The summed E-state index contributed by atoms with van der Waals surface area (Å²) >= 11 is 0. The van der Waals surface area contributed by atoms with E-state index in [4.69, 9.17) is 9.47 Å². The van der Waals surface area contributed by atoms with Gasteiger partial charge in [0.1, 0.15) is 5.84 Å². The van der Waals surface area contributed by atoms with E-state index >= 15 is 0 Å². The second-order valence-corrected chi connectivity index (χ2v) is 4.30. The Kier molecular flexibility index (Phi) is 4.65. The largest absolute Gasteiger partial charge is 0.493 e. The van der Waals surface area contributed by atoms with Crippen molar-refractivity contribution in [2.24, 2.45) is 4.99 Å². The van der Waals surface area contributed by atoms with Crippen LogP contribution in [-0.2, 0) is 6.42 Å². The zero-order valence-electron chi connectivity index (χ0n) is 12.2. The highest BCUT2D eigenvalue weighted by atomic mass is 16.5. The molecule has 0 saturated carbocycles. The smallest absolute Gasteiger partial charge is 0.333 e. The van der Waals surface area contributed by atoms with Gasteiger partial charge < -0.3 is 14.8 Å². The van der Waals surface area contributed by atoms with Crippen LogP contribution in [0.25, 0.3) is 6.08 Å². The van der Waals surface area contributed by atoms with Crippen molar-refractivity contribution in [3.05, 3.63) is 29.5 Å². The molecule has 21 heavy (non-hydrogen) atoms. The number of aliphatic imine (C=N–C) groups is 1.